The highest BCUT2D eigenvalue weighted by Gasteiger charge is 2.74. The number of aldehydes is 1. The molecule has 0 spiro atoms. The lowest BCUT2D eigenvalue weighted by molar-refractivity contribution is -0.391. The van der Waals surface area contributed by atoms with Crippen LogP contribution in [0.3, 0.4) is 0 Å². The predicted molar refractivity (Wildman–Crippen MR) is 336 cm³/mol. The molecule has 1 aromatic rings. The number of carbonyl (C=O) groups excluding carboxylic acids is 3. The fraction of sp³-hybridized carbons (Fsp3) is 0.800. The normalized spacial score (nSPS) is 50.8. The van der Waals surface area contributed by atoms with E-state index >= 15 is 4.79 Å². The average molecular weight is 1390 g/mol. The molecule has 5 saturated carbocycles. The molecule has 28 nitrogen and oxygen atoms in total. The Morgan fingerprint density at radius 1 is 0.622 bits per heavy atom. The summed E-state index contributed by atoms with van der Waals surface area (Å²) in [6.45, 7) is 16.1. The lowest BCUT2D eigenvalue weighted by Gasteiger charge is -2.72. The second kappa shape index (κ2) is 28.2. The SMILES string of the molecule is Cc1ccc(/C=C/C(=O)O[C@H]2[C@@H](O)[C@H](OC3C[C@@H](C)[C@H](O)[C@@H](O)[C@H]3O)[C@@H](OC(=O)[C@]34CCC(C)(C)C[C@H]3C3C=C[C@@H]5[C@@]6(C)CC[C@H](O[C@@H]7O[C@H](C(=O)O)[C@@H](O)[C@H](O[C@@H]8OC[C@@H](O)[C@H](O)[C@H]8O)[C@H]7O[C@@H]7O[C@H](CO)[C@H](O)[C@H](O)[C@H]7O)[C@@](C)(C=O)[C@@H]6CC[C@@]5(C)[C@]3(C)C[C@H]4O)O[C@H]2C)cc1. The van der Waals surface area contributed by atoms with Crippen LogP contribution in [0.1, 0.15) is 124 Å². The smallest absolute Gasteiger partial charge is 0.335 e. The van der Waals surface area contributed by atoms with Gasteiger partial charge in [-0.15, -0.1) is 0 Å². The van der Waals surface area contributed by atoms with Crippen LogP contribution in [0.15, 0.2) is 42.5 Å². The number of esters is 2. The molecular formula is C70H102O28. The maximum absolute atomic E-state index is 15.8. The molecule has 98 heavy (non-hydrogen) atoms. The molecule has 0 bridgehead atoms. The molecule has 4 heterocycles. The van der Waals surface area contributed by atoms with Gasteiger partial charge in [-0.3, -0.25) is 4.79 Å². The number of benzene rings is 1. The van der Waals surface area contributed by atoms with Crippen LogP contribution in [0.25, 0.3) is 6.08 Å². The van der Waals surface area contributed by atoms with Crippen LogP contribution in [-0.4, -0.2) is 262 Å². The molecule has 2 unspecified atom stereocenters. The number of ether oxygens (including phenoxy) is 10. The van der Waals surface area contributed by atoms with E-state index < -0.39 is 229 Å². The minimum Gasteiger partial charge on any atom is -0.479 e. The molecule has 0 radical (unpaired) electrons. The number of aliphatic carboxylic acids is 1. The number of fused-ring (bicyclic) bond motifs is 7. The Kier molecular flexibility index (Phi) is 21.6. The third kappa shape index (κ3) is 13.0. The summed E-state index contributed by atoms with van der Waals surface area (Å²) >= 11 is 0. The fourth-order valence-electron chi connectivity index (χ4n) is 19.2. The van der Waals surface area contributed by atoms with Gasteiger partial charge in [0.25, 0.3) is 0 Å². The summed E-state index contributed by atoms with van der Waals surface area (Å²) in [5.41, 5.74) is -3.72. The molecule has 14 N–H and O–H groups in total. The van der Waals surface area contributed by atoms with Crippen molar-refractivity contribution < 1.29 is 138 Å². The summed E-state index contributed by atoms with van der Waals surface area (Å²) in [5, 5.41) is 156. The van der Waals surface area contributed by atoms with E-state index in [1.807, 2.05) is 31.2 Å². The highest BCUT2D eigenvalue weighted by atomic mass is 16.8. The van der Waals surface area contributed by atoms with E-state index in [1.165, 1.54) is 13.0 Å². The Morgan fingerprint density at radius 2 is 1.30 bits per heavy atom. The Bertz CT molecular complexity index is 3080. The van der Waals surface area contributed by atoms with E-state index in [1.54, 1.807) is 19.9 Å². The largest absolute Gasteiger partial charge is 0.479 e. The summed E-state index contributed by atoms with van der Waals surface area (Å²) in [6.07, 6.45) is -32.3. The van der Waals surface area contributed by atoms with E-state index in [0.717, 1.165) is 11.8 Å². The van der Waals surface area contributed by atoms with E-state index in [4.69, 9.17) is 47.4 Å². The first kappa shape index (κ1) is 75.1. The molecule has 10 aliphatic rings. The molecule has 6 aliphatic carbocycles. The maximum Gasteiger partial charge on any atom is 0.335 e. The van der Waals surface area contributed by atoms with Gasteiger partial charge in [0.1, 0.15) is 91.7 Å². The first-order valence-corrected chi connectivity index (χ1v) is 34.5. The van der Waals surface area contributed by atoms with Gasteiger partial charge in [-0.25, -0.2) is 9.59 Å². The molecule has 11 rings (SSSR count). The third-order valence-corrected chi connectivity index (χ3v) is 25.3. The Hall–Kier alpha value is -4.06. The van der Waals surface area contributed by atoms with Crippen LogP contribution in [0.2, 0.25) is 0 Å². The van der Waals surface area contributed by atoms with Crippen molar-refractivity contribution in [1.82, 2.24) is 0 Å². The monoisotopic (exact) mass is 1390 g/mol. The van der Waals surface area contributed by atoms with Crippen LogP contribution >= 0.6 is 0 Å². The standard InChI is InChI=1S/C70H102O28/c1-30-10-12-33(13-11-30)14-17-43(75)94-54-32(3)90-62(57(52(54)84)91-37-24-31(2)44(76)48(80)46(37)78)98-64(88)70-23-22-65(4,5)25-35(70)34-15-16-40-66(6)20-19-42(67(7,29-72)39(66)18-21-68(40,8)69(34,9)26-41(70)74)93-63-58(97-61-51(83)49(81)47(79)38(27-71)92-61)55(53(85)56(96-63)59(86)87)95-60-50(82)45(77)36(73)28-89-60/h10-17,29,31-32,34-42,44-58,60-63,71,73-74,76-85H,18-28H2,1-9H3,(H,86,87)/b17-14+/t31-,32+,34?,35+,36-,37?,38-,39-,40-,41-,42+,44+,45+,46+,47+,48-,49+,50-,51-,52-,53+,54-,55+,56+,57+,58-,60+,61+,62-,63-,66+,67+,68-,69-,70-/m1/s1. The van der Waals surface area contributed by atoms with Gasteiger partial charge in [0, 0.05) is 6.08 Å². The number of aryl methyl sites for hydroxylation is 1. The third-order valence-electron chi connectivity index (χ3n) is 25.3. The summed E-state index contributed by atoms with van der Waals surface area (Å²) in [4.78, 5) is 56.5. The van der Waals surface area contributed by atoms with Crippen molar-refractivity contribution in [2.24, 2.45) is 62.1 Å². The Morgan fingerprint density at radius 3 is 1.97 bits per heavy atom. The van der Waals surface area contributed by atoms with E-state index in [9.17, 15) is 85.9 Å². The zero-order valence-electron chi connectivity index (χ0n) is 56.8. The number of hydrogen-bond acceptors (Lipinski definition) is 27. The minimum atomic E-state index is -2.20. The number of hydrogen-bond donors (Lipinski definition) is 14. The molecular weight excluding hydrogens is 1290 g/mol. The van der Waals surface area contributed by atoms with Crippen molar-refractivity contribution >= 4 is 30.3 Å². The number of carboxylic acid groups (broad SMARTS) is 1. The number of rotatable bonds is 16. The highest BCUT2D eigenvalue weighted by Crippen LogP contribution is 2.76. The number of aliphatic hydroxyl groups is 13. The maximum atomic E-state index is 15.8. The summed E-state index contributed by atoms with van der Waals surface area (Å²) in [7, 11) is 0. The molecule has 0 aromatic heterocycles. The topological polar surface area (TPSA) is 444 Å². The molecule has 550 valence electrons. The molecule has 4 saturated heterocycles. The van der Waals surface area contributed by atoms with Crippen LogP contribution in [0, 0.1) is 69.0 Å². The van der Waals surface area contributed by atoms with Gasteiger partial charge in [0.2, 0.25) is 6.29 Å². The number of carboxylic acids is 1. The van der Waals surface area contributed by atoms with Crippen molar-refractivity contribution in [2.75, 3.05) is 13.2 Å². The van der Waals surface area contributed by atoms with Crippen molar-refractivity contribution in [3.63, 3.8) is 0 Å². The van der Waals surface area contributed by atoms with E-state index in [-0.39, 0.29) is 42.9 Å². The van der Waals surface area contributed by atoms with Gasteiger partial charge in [0.05, 0.1) is 54.6 Å². The lowest BCUT2D eigenvalue weighted by Crippen LogP contribution is -2.70. The minimum absolute atomic E-state index is 0.00209. The van der Waals surface area contributed by atoms with Crippen LogP contribution < -0.4 is 0 Å². The molecule has 35 atom stereocenters. The second-order valence-corrected chi connectivity index (χ2v) is 31.7. The Labute approximate surface area is 568 Å². The van der Waals surface area contributed by atoms with E-state index in [0.29, 0.717) is 37.7 Å². The predicted octanol–water partition coefficient (Wildman–Crippen LogP) is -0.182. The zero-order chi connectivity index (χ0) is 71.4. The first-order chi connectivity index (χ1) is 46.0. The summed E-state index contributed by atoms with van der Waals surface area (Å²) in [5.74, 6) is -5.66. The number of allylic oxidation sites excluding steroid dienone is 2. The molecule has 9 fully saturated rings. The first-order valence-electron chi connectivity index (χ1n) is 34.5. The lowest BCUT2D eigenvalue weighted by atomic mass is 9.32. The molecule has 1 aromatic carbocycles. The van der Waals surface area contributed by atoms with Crippen LogP contribution in [-0.2, 0) is 66.5 Å². The van der Waals surface area contributed by atoms with Crippen molar-refractivity contribution in [3.05, 3.63) is 53.6 Å². The molecule has 0 amide bonds. The van der Waals surface area contributed by atoms with Crippen molar-refractivity contribution in [3.8, 4) is 0 Å². The van der Waals surface area contributed by atoms with Gasteiger partial charge in [-0.1, -0.05) is 90.4 Å². The van der Waals surface area contributed by atoms with Crippen LogP contribution in [0.5, 0.6) is 0 Å². The van der Waals surface area contributed by atoms with Gasteiger partial charge >= 0.3 is 17.9 Å². The summed E-state index contributed by atoms with van der Waals surface area (Å²) < 4.78 is 61.5. The highest BCUT2D eigenvalue weighted by molar-refractivity contribution is 5.87. The Balaban J connectivity index is 0.877. The average Bonchev–Trinajstić information content (AvgIpc) is 0.671. The fourth-order valence-corrected chi connectivity index (χ4v) is 19.2. The second-order valence-electron chi connectivity index (χ2n) is 31.7. The van der Waals surface area contributed by atoms with Gasteiger partial charge < -0.3 is 124 Å². The van der Waals surface area contributed by atoms with E-state index in [2.05, 4.69) is 46.8 Å². The van der Waals surface area contributed by atoms with Crippen molar-refractivity contribution in [1.29, 1.82) is 0 Å². The molecule has 4 aliphatic heterocycles. The number of aliphatic hydroxyl groups excluding tert-OH is 13. The quantitative estimate of drug-likeness (QED) is 0.0335. The summed E-state index contributed by atoms with van der Waals surface area (Å²) in [6, 6.07) is 7.38. The van der Waals surface area contributed by atoms with Gasteiger partial charge in [0.15, 0.2) is 31.1 Å². The van der Waals surface area contributed by atoms with Crippen LogP contribution in [0.4, 0.5) is 0 Å². The molecule has 28 heteroatoms. The van der Waals surface area contributed by atoms with Gasteiger partial charge in [-0.2, -0.15) is 0 Å². The number of carbonyl (C=O) groups is 4. The zero-order valence-corrected chi connectivity index (χ0v) is 56.8. The van der Waals surface area contributed by atoms with Gasteiger partial charge in [-0.05, 0) is 135 Å². The van der Waals surface area contributed by atoms with Crippen molar-refractivity contribution in [2.45, 2.75) is 273 Å².